The van der Waals surface area contributed by atoms with Crippen molar-refractivity contribution >= 4 is 34.9 Å². The molecule has 1 aliphatic heterocycles. The Morgan fingerprint density at radius 1 is 1.20 bits per heavy atom. The summed E-state index contributed by atoms with van der Waals surface area (Å²) < 4.78 is 0. The molecule has 0 radical (unpaired) electrons. The minimum atomic E-state index is 0.0255. The molecule has 0 unspecified atom stereocenters. The van der Waals surface area contributed by atoms with E-state index in [0.29, 0.717) is 13.1 Å². The van der Waals surface area contributed by atoms with Gasteiger partial charge in [0.1, 0.15) is 0 Å². The van der Waals surface area contributed by atoms with E-state index in [-0.39, 0.29) is 17.7 Å². The molecule has 25 heavy (non-hydrogen) atoms. The molecule has 1 saturated heterocycles. The van der Waals surface area contributed by atoms with Gasteiger partial charge in [0.15, 0.2) is 0 Å². The summed E-state index contributed by atoms with van der Waals surface area (Å²) in [5.41, 5.74) is 0.766. The molecule has 1 N–H and O–H groups in total. The van der Waals surface area contributed by atoms with Crippen LogP contribution >= 0.6 is 23.1 Å². The molecule has 132 valence electrons. The monoisotopic (exact) mass is 374 g/mol. The van der Waals surface area contributed by atoms with Gasteiger partial charge in [0.25, 0.3) is 5.91 Å². The Morgan fingerprint density at radius 2 is 1.96 bits per heavy atom. The SMILES string of the molecule is CNC(=O)C1CCN(C(=O)c2ccccc2SCc2cccs2)CC1. The van der Waals surface area contributed by atoms with Crippen LogP contribution in [0.2, 0.25) is 0 Å². The van der Waals surface area contributed by atoms with E-state index in [4.69, 9.17) is 0 Å². The highest BCUT2D eigenvalue weighted by molar-refractivity contribution is 7.98. The Hall–Kier alpha value is -1.79. The number of hydrogen-bond acceptors (Lipinski definition) is 4. The average Bonchev–Trinajstić information content (AvgIpc) is 3.19. The Labute approximate surface area is 156 Å². The molecule has 1 aromatic heterocycles. The lowest BCUT2D eigenvalue weighted by molar-refractivity contribution is -0.125. The van der Waals surface area contributed by atoms with Crippen molar-refractivity contribution in [3.63, 3.8) is 0 Å². The lowest BCUT2D eigenvalue weighted by Gasteiger charge is -2.31. The lowest BCUT2D eigenvalue weighted by Crippen LogP contribution is -2.42. The number of benzene rings is 1. The summed E-state index contributed by atoms with van der Waals surface area (Å²) in [7, 11) is 1.67. The predicted octanol–water partition coefficient (Wildman–Crippen LogP) is 3.64. The van der Waals surface area contributed by atoms with Gasteiger partial charge in [0, 0.05) is 41.6 Å². The summed E-state index contributed by atoms with van der Waals surface area (Å²) in [6, 6.07) is 12.0. The quantitative estimate of drug-likeness (QED) is 0.813. The average molecular weight is 375 g/mol. The van der Waals surface area contributed by atoms with Crippen LogP contribution < -0.4 is 5.32 Å². The number of hydrogen-bond donors (Lipinski definition) is 1. The summed E-state index contributed by atoms with van der Waals surface area (Å²) in [6.07, 6.45) is 1.46. The van der Waals surface area contributed by atoms with E-state index in [0.717, 1.165) is 29.1 Å². The zero-order valence-corrected chi connectivity index (χ0v) is 15.9. The molecule has 0 spiro atoms. The highest BCUT2D eigenvalue weighted by Gasteiger charge is 2.28. The molecule has 1 fully saturated rings. The van der Waals surface area contributed by atoms with Crippen molar-refractivity contribution in [1.82, 2.24) is 10.2 Å². The van der Waals surface area contributed by atoms with Crippen LogP contribution in [0.4, 0.5) is 0 Å². The lowest BCUT2D eigenvalue weighted by atomic mass is 9.95. The Kier molecular flexibility index (Phi) is 6.15. The van der Waals surface area contributed by atoms with Gasteiger partial charge in [0.2, 0.25) is 5.91 Å². The number of piperidine rings is 1. The first kappa shape index (κ1) is 18.0. The minimum absolute atomic E-state index is 0.0255. The van der Waals surface area contributed by atoms with E-state index in [2.05, 4.69) is 16.8 Å². The first-order chi connectivity index (χ1) is 12.2. The second-order valence-electron chi connectivity index (χ2n) is 6.04. The van der Waals surface area contributed by atoms with Gasteiger partial charge in [0.05, 0.1) is 5.56 Å². The van der Waals surface area contributed by atoms with Gasteiger partial charge in [-0.3, -0.25) is 9.59 Å². The smallest absolute Gasteiger partial charge is 0.254 e. The van der Waals surface area contributed by atoms with Crippen LogP contribution in [-0.2, 0) is 10.5 Å². The fraction of sp³-hybridized carbons (Fsp3) is 0.368. The van der Waals surface area contributed by atoms with Crippen LogP contribution in [0.15, 0.2) is 46.7 Å². The summed E-state index contributed by atoms with van der Waals surface area (Å²) in [5, 5.41) is 4.78. The van der Waals surface area contributed by atoms with Crippen molar-refractivity contribution in [3.8, 4) is 0 Å². The van der Waals surface area contributed by atoms with Crippen molar-refractivity contribution in [3.05, 3.63) is 52.2 Å². The molecule has 1 aliphatic rings. The maximum Gasteiger partial charge on any atom is 0.254 e. The van der Waals surface area contributed by atoms with E-state index in [1.54, 1.807) is 30.1 Å². The molecule has 2 heterocycles. The molecule has 2 amide bonds. The van der Waals surface area contributed by atoms with Gasteiger partial charge in [-0.05, 0) is 36.4 Å². The first-order valence-corrected chi connectivity index (χ1v) is 10.3. The number of thiophene rings is 1. The third-order valence-electron chi connectivity index (χ3n) is 4.47. The van der Waals surface area contributed by atoms with Gasteiger partial charge in [-0.2, -0.15) is 0 Å². The number of nitrogens with zero attached hydrogens (tertiary/aromatic N) is 1. The molecule has 0 bridgehead atoms. The molecule has 6 heteroatoms. The number of nitrogens with one attached hydrogen (secondary N) is 1. The highest BCUT2D eigenvalue weighted by atomic mass is 32.2. The van der Waals surface area contributed by atoms with Crippen molar-refractivity contribution in [2.24, 2.45) is 5.92 Å². The molecule has 3 rings (SSSR count). The third kappa shape index (κ3) is 4.44. The third-order valence-corrected chi connectivity index (χ3v) is 6.65. The first-order valence-electron chi connectivity index (χ1n) is 8.44. The number of thioether (sulfide) groups is 1. The van der Waals surface area contributed by atoms with Crippen LogP contribution in [-0.4, -0.2) is 36.9 Å². The Bertz CT molecular complexity index is 723. The highest BCUT2D eigenvalue weighted by Crippen LogP contribution is 2.29. The standard InChI is InChI=1S/C19H22N2O2S2/c1-20-18(22)14-8-10-21(11-9-14)19(23)16-6-2-3-7-17(16)25-13-15-5-4-12-24-15/h2-7,12,14H,8-11,13H2,1H3,(H,20,22). The zero-order valence-electron chi connectivity index (χ0n) is 14.2. The molecule has 0 aliphatic carbocycles. The molecule has 2 aromatic rings. The molecule has 4 nitrogen and oxygen atoms in total. The molecule has 0 atom stereocenters. The fourth-order valence-electron chi connectivity index (χ4n) is 3.03. The van der Waals surface area contributed by atoms with Gasteiger partial charge < -0.3 is 10.2 Å². The molecule has 1 aromatic carbocycles. The van der Waals surface area contributed by atoms with Crippen molar-refractivity contribution in [1.29, 1.82) is 0 Å². The maximum absolute atomic E-state index is 12.9. The van der Waals surface area contributed by atoms with E-state index in [1.807, 2.05) is 35.2 Å². The van der Waals surface area contributed by atoms with Crippen molar-refractivity contribution in [2.45, 2.75) is 23.5 Å². The van der Waals surface area contributed by atoms with E-state index in [9.17, 15) is 9.59 Å². The second-order valence-corrected chi connectivity index (χ2v) is 8.09. The number of likely N-dealkylation sites (tertiary alicyclic amines) is 1. The largest absolute Gasteiger partial charge is 0.359 e. The van der Waals surface area contributed by atoms with E-state index >= 15 is 0 Å². The van der Waals surface area contributed by atoms with Gasteiger partial charge >= 0.3 is 0 Å². The predicted molar refractivity (Wildman–Crippen MR) is 103 cm³/mol. The van der Waals surface area contributed by atoms with E-state index in [1.165, 1.54) is 4.88 Å². The number of carbonyl (C=O) groups is 2. The van der Waals surface area contributed by atoms with Crippen LogP contribution in [0, 0.1) is 5.92 Å². The Balaban J connectivity index is 1.65. The van der Waals surface area contributed by atoms with Crippen LogP contribution in [0.25, 0.3) is 0 Å². The zero-order chi connectivity index (χ0) is 17.6. The molecular formula is C19H22N2O2S2. The summed E-state index contributed by atoms with van der Waals surface area (Å²) in [6.45, 7) is 1.28. The summed E-state index contributed by atoms with van der Waals surface area (Å²) in [5.74, 6) is 1.06. The topological polar surface area (TPSA) is 49.4 Å². The Morgan fingerprint density at radius 3 is 2.64 bits per heavy atom. The number of carbonyl (C=O) groups excluding carboxylic acids is 2. The van der Waals surface area contributed by atoms with E-state index < -0.39 is 0 Å². The molecular weight excluding hydrogens is 352 g/mol. The summed E-state index contributed by atoms with van der Waals surface area (Å²) >= 11 is 3.44. The van der Waals surface area contributed by atoms with Gasteiger partial charge in [-0.25, -0.2) is 0 Å². The normalized spacial score (nSPS) is 15.2. The van der Waals surface area contributed by atoms with Crippen molar-refractivity contribution in [2.75, 3.05) is 20.1 Å². The number of rotatable bonds is 5. The fourth-order valence-corrected chi connectivity index (χ4v) is 4.85. The van der Waals surface area contributed by atoms with Crippen LogP contribution in [0.1, 0.15) is 28.1 Å². The maximum atomic E-state index is 12.9. The van der Waals surface area contributed by atoms with Gasteiger partial charge in [-0.15, -0.1) is 23.1 Å². The van der Waals surface area contributed by atoms with Crippen molar-refractivity contribution < 1.29 is 9.59 Å². The van der Waals surface area contributed by atoms with Gasteiger partial charge in [-0.1, -0.05) is 18.2 Å². The number of amides is 2. The minimum Gasteiger partial charge on any atom is -0.359 e. The van der Waals surface area contributed by atoms with Crippen LogP contribution in [0.5, 0.6) is 0 Å². The van der Waals surface area contributed by atoms with Crippen LogP contribution in [0.3, 0.4) is 0 Å². The summed E-state index contributed by atoms with van der Waals surface area (Å²) in [4.78, 5) is 28.9. The second kappa shape index (κ2) is 8.54. The molecule has 0 saturated carbocycles.